The molecule has 5 rings (SSSR count). The Hall–Kier alpha value is -3.72. The molecule has 4 aromatic rings. The lowest BCUT2D eigenvalue weighted by Crippen LogP contribution is -2.37. The van der Waals surface area contributed by atoms with Crippen LogP contribution in [-0.2, 0) is 21.4 Å². The lowest BCUT2D eigenvalue weighted by Gasteiger charge is -2.28. The highest BCUT2D eigenvalue weighted by Gasteiger charge is 2.27. The van der Waals surface area contributed by atoms with Crippen LogP contribution in [0.25, 0.3) is 10.8 Å². The maximum Gasteiger partial charge on any atom is 0.241 e. The van der Waals surface area contributed by atoms with E-state index in [1.807, 2.05) is 66.7 Å². The van der Waals surface area contributed by atoms with Crippen molar-refractivity contribution >= 4 is 26.7 Å². The molecule has 0 saturated heterocycles. The minimum atomic E-state index is -3.90. The molecule has 7 nitrogen and oxygen atoms in total. The van der Waals surface area contributed by atoms with Gasteiger partial charge in [-0.1, -0.05) is 72.8 Å². The van der Waals surface area contributed by atoms with Gasteiger partial charge in [-0.2, -0.15) is 0 Å². The predicted octanol–water partition coefficient (Wildman–Crippen LogP) is 5.78. The molecular formula is C33H37N3O4S. The number of sulfonamides is 1. The molecule has 1 aliphatic rings. The van der Waals surface area contributed by atoms with Crippen molar-refractivity contribution in [2.75, 3.05) is 6.61 Å². The van der Waals surface area contributed by atoms with Gasteiger partial charge in [0.15, 0.2) is 0 Å². The van der Waals surface area contributed by atoms with Crippen LogP contribution in [0.3, 0.4) is 0 Å². The van der Waals surface area contributed by atoms with E-state index < -0.39 is 16.1 Å². The van der Waals surface area contributed by atoms with Gasteiger partial charge in [0.1, 0.15) is 5.75 Å². The summed E-state index contributed by atoms with van der Waals surface area (Å²) in [4.78, 5) is 13.5. The Kier molecular flexibility index (Phi) is 8.45. The molecule has 41 heavy (non-hydrogen) atoms. The number of ether oxygens (including phenoxy) is 1. The molecule has 1 unspecified atom stereocenters. The van der Waals surface area contributed by atoms with Crippen LogP contribution in [0.2, 0.25) is 0 Å². The Morgan fingerprint density at radius 1 is 0.927 bits per heavy atom. The van der Waals surface area contributed by atoms with Crippen LogP contribution in [0.5, 0.6) is 5.75 Å². The number of benzene rings is 4. The molecule has 0 aromatic heterocycles. The Morgan fingerprint density at radius 2 is 1.66 bits per heavy atom. The maximum absolute atomic E-state index is 13.5. The number of rotatable bonds is 9. The van der Waals surface area contributed by atoms with E-state index in [9.17, 15) is 13.2 Å². The summed E-state index contributed by atoms with van der Waals surface area (Å²) in [5, 5.41) is 8.41. The van der Waals surface area contributed by atoms with Crippen LogP contribution in [-0.4, -0.2) is 26.5 Å². The highest BCUT2D eigenvalue weighted by Crippen LogP contribution is 2.33. The molecule has 2 atom stereocenters. The SMILES string of the molecule is CC(C)(C)NCc1ccc2c(c1)OCC[C@H]2NC(=O)CC(NS(=O)(=O)c1ccc2ccccc2c1)c1ccccc1. The van der Waals surface area contributed by atoms with E-state index in [2.05, 4.69) is 42.2 Å². The zero-order chi connectivity index (χ0) is 29.0. The topological polar surface area (TPSA) is 96.5 Å². The molecule has 0 bridgehead atoms. The minimum absolute atomic E-state index is 0.00161. The zero-order valence-corrected chi connectivity index (χ0v) is 24.5. The summed E-state index contributed by atoms with van der Waals surface area (Å²) in [5.74, 6) is 0.530. The second kappa shape index (κ2) is 12.0. The summed E-state index contributed by atoms with van der Waals surface area (Å²) in [6.45, 7) is 7.58. The number of amides is 1. The summed E-state index contributed by atoms with van der Waals surface area (Å²) in [6.07, 6.45) is 0.592. The van der Waals surface area contributed by atoms with Gasteiger partial charge in [0.25, 0.3) is 0 Å². The molecule has 4 aromatic carbocycles. The average molecular weight is 572 g/mol. The third-order valence-corrected chi connectivity index (χ3v) is 8.66. The fourth-order valence-electron chi connectivity index (χ4n) is 5.00. The third-order valence-electron chi connectivity index (χ3n) is 7.20. The van der Waals surface area contributed by atoms with Crippen LogP contribution >= 0.6 is 0 Å². The van der Waals surface area contributed by atoms with Crippen molar-refractivity contribution in [3.05, 3.63) is 108 Å². The molecule has 0 fully saturated rings. The first-order chi connectivity index (χ1) is 19.6. The van der Waals surface area contributed by atoms with Crippen LogP contribution in [0.1, 0.15) is 62.4 Å². The van der Waals surface area contributed by atoms with Gasteiger partial charge in [-0.05, 0) is 60.9 Å². The Bertz CT molecular complexity index is 1630. The summed E-state index contributed by atoms with van der Waals surface area (Å²) in [5.41, 5.74) is 2.75. The molecule has 0 aliphatic carbocycles. The van der Waals surface area contributed by atoms with Crippen molar-refractivity contribution in [2.45, 2.75) is 62.7 Å². The fourth-order valence-corrected chi connectivity index (χ4v) is 6.26. The van der Waals surface area contributed by atoms with Crippen molar-refractivity contribution in [3.63, 3.8) is 0 Å². The van der Waals surface area contributed by atoms with Gasteiger partial charge in [-0.15, -0.1) is 0 Å². The van der Waals surface area contributed by atoms with Crippen molar-refractivity contribution in [2.24, 2.45) is 0 Å². The van der Waals surface area contributed by atoms with Crippen molar-refractivity contribution < 1.29 is 17.9 Å². The van der Waals surface area contributed by atoms with Crippen molar-refractivity contribution in [1.29, 1.82) is 0 Å². The largest absolute Gasteiger partial charge is 0.493 e. The molecular weight excluding hydrogens is 534 g/mol. The summed E-state index contributed by atoms with van der Waals surface area (Å²) in [7, 11) is -3.90. The Morgan fingerprint density at radius 3 is 2.41 bits per heavy atom. The molecule has 8 heteroatoms. The van der Waals surface area contributed by atoms with Gasteiger partial charge in [0.2, 0.25) is 15.9 Å². The minimum Gasteiger partial charge on any atom is -0.493 e. The number of hydrogen-bond acceptors (Lipinski definition) is 5. The number of carbonyl (C=O) groups is 1. The first-order valence-electron chi connectivity index (χ1n) is 13.9. The van der Waals surface area contributed by atoms with Gasteiger partial charge in [-0.3, -0.25) is 4.79 Å². The quantitative estimate of drug-likeness (QED) is 0.237. The highest BCUT2D eigenvalue weighted by molar-refractivity contribution is 7.89. The third kappa shape index (κ3) is 7.33. The van der Waals surface area contributed by atoms with E-state index in [0.29, 0.717) is 19.6 Å². The van der Waals surface area contributed by atoms with E-state index in [-0.39, 0.29) is 28.8 Å². The molecule has 3 N–H and O–H groups in total. The molecule has 0 radical (unpaired) electrons. The fraction of sp³-hybridized carbons (Fsp3) is 0.303. The van der Waals surface area contributed by atoms with Crippen LogP contribution in [0.4, 0.5) is 0 Å². The molecule has 0 saturated carbocycles. The molecule has 1 amide bonds. The summed E-state index contributed by atoms with van der Waals surface area (Å²) in [6, 6.07) is 27.0. The van der Waals surface area contributed by atoms with E-state index in [0.717, 1.165) is 33.2 Å². The van der Waals surface area contributed by atoms with E-state index in [1.54, 1.807) is 18.2 Å². The Labute approximate surface area is 242 Å². The zero-order valence-electron chi connectivity index (χ0n) is 23.7. The van der Waals surface area contributed by atoms with E-state index >= 15 is 0 Å². The summed E-state index contributed by atoms with van der Waals surface area (Å²) >= 11 is 0. The monoisotopic (exact) mass is 571 g/mol. The second-order valence-electron chi connectivity index (χ2n) is 11.5. The average Bonchev–Trinajstić information content (AvgIpc) is 2.95. The van der Waals surface area contributed by atoms with Crippen LogP contribution in [0, 0.1) is 0 Å². The van der Waals surface area contributed by atoms with Crippen LogP contribution in [0.15, 0.2) is 95.9 Å². The van der Waals surface area contributed by atoms with E-state index in [4.69, 9.17) is 4.74 Å². The lowest BCUT2D eigenvalue weighted by molar-refractivity contribution is -0.122. The highest BCUT2D eigenvalue weighted by atomic mass is 32.2. The smallest absolute Gasteiger partial charge is 0.241 e. The normalized spacial score (nSPS) is 16.0. The van der Waals surface area contributed by atoms with Crippen LogP contribution < -0.4 is 20.1 Å². The number of fused-ring (bicyclic) bond motifs is 2. The van der Waals surface area contributed by atoms with Crippen molar-refractivity contribution in [1.82, 2.24) is 15.4 Å². The molecule has 1 heterocycles. The first-order valence-corrected chi connectivity index (χ1v) is 15.4. The second-order valence-corrected chi connectivity index (χ2v) is 13.2. The van der Waals surface area contributed by atoms with Gasteiger partial charge in [0, 0.05) is 30.5 Å². The maximum atomic E-state index is 13.5. The standard InChI is InChI=1S/C33H37N3O4S/c1-33(2,3)34-22-23-13-16-28-29(17-18-40-31(28)19-23)35-32(37)21-30(25-10-5-4-6-11-25)36-41(38,39)27-15-14-24-9-7-8-12-26(24)20-27/h4-16,19-20,29-30,34,36H,17-18,21-22H2,1-3H3,(H,35,37)/t29-,30?/m1/s1. The van der Waals surface area contributed by atoms with Gasteiger partial charge in [-0.25, -0.2) is 13.1 Å². The molecule has 1 aliphatic heterocycles. The molecule has 214 valence electrons. The summed E-state index contributed by atoms with van der Waals surface area (Å²) < 4.78 is 35.7. The van der Waals surface area contributed by atoms with Gasteiger partial charge >= 0.3 is 0 Å². The number of nitrogens with one attached hydrogen (secondary N) is 3. The molecule has 0 spiro atoms. The predicted molar refractivity (Wildman–Crippen MR) is 162 cm³/mol. The number of carbonyl (C=O) groups excluding carboxylic acids is 1. The van der Waals surface area contributed by atoms with Gasteiger partial charge < -0.3 is 15.4 Å². The lowest BCUT2D eigenvalue weighted by atomic mass is 9.97. The first kappa shape index (κ1) is 28.8. The van der Waals surface area contributed by atoms with E-state index in [1.165, 1.54) is 0 Å². The Balaban J connectivity index is 1.32. The number of hydrogen-bond donors (Lipinski definition) is 3. The van der Waals surface area contributed by atoms with Crippen molar-refractivity contribution in [3.8, 4) is 5.75 Å². The van der Waals surface area contributed by atoms with Gasteiger partial charge in [0.05, 0.1) is 23.6 Å².